The van der Waals surface area contributed by atoms with Gasteiger partial charge >= 0.3 is 6.09 Å². The van der Waals surface area contributed by atoms with Crippen LogP contribution in [0.4, 0.5) is 4.79 Å². The number of rotatable bonds is 10. The Labute approximate surface area is 223 Å². The van der Waals surface area contributed by atoms with Crippen LogP contribution in [0.1, 0.15) is 49.9 Å². The van der Waals surface area contributed by atoms with E-state index in [1.165, 1.54) is 17.8 Å². The smallest absolute Gasteiger partial charge is 0.408 e. The van der Waals surface area contributed by atoms with Gasteiger partial charge in [0, 0.05) is 12.6 Å². The summed E-state index contributed by atoms with van der Waals surface area (Å²) in [6.45, 7) is 7.08. The number of phenolic OH excluding ortho intramolecular Hbond substituents is 1. The summed E-state index contributed by atoms with van der Waals surface area (Å²) in [5.41, 5.74) is 1.06. The molecular formula is C28H35N3O5S. The molecule has 37 heavy (non-hydrogen) atoms. The van der Waals surface area contributed by atoms with E-state index in [2.05, 4.69) is 16.7 Å². The molecule has 0 heterocycles. The molecule has 0 saturated carbocycles. The molecule has 0 radical (unpaired) electrons. The maximum absolute atomic E-state index is 13.7. The molecule has 8 nitrogen and oxygen atoms in total. The fourth-order valence-corrected chi connectivity index (χ4v) is 4.00. The average Bonchev–Trinajstić information content (AvgIpc) is 2.84. The standard InChI is InChI=1S/C28H35N3O5S/c1-7-31(26(34)22(15-16-37-6)30-27(35)36-28(3,4)5)24(21-13-14-23(32)19(2)17-21)25(33)29-18-20-11-9-8-10-12-20/h1,8-14,17,22,24,32H,15-16,18H2,2-6H3,(H,29,33)(H,30,35). The fourth-order valence-electron chi connectivity index (χ4n) is 3.52. The molecule has 9 heteroatoms. The maximum atomic E-state index is 13.7. The summed E-state index contributed by atoms with van der Waals surface area (Å²) in [5, 5.41) is 15.5. The molecule has 2 rings (SSSR count). The summed E-state index contributed by atoms with van der Waals surface area (Å²) < 4.78 is 5.33. The second kappa shape index (κ2) is 13.6. The lowest BCUT2D eigenvalue weighted by atomic mass is 10.0. The Bertz CT molecular complexity index is 1120. The summed E-state index contributed by atoms with van der Waals surface area (Å²) >= 11 is 1.51. The zero-order valence-corrected chi connectivity index (χ0v) is 22.7. The highest BCUT2D eigenvalue weighted by Gasteiger charge is 2.36. The van der Waals surface area contributed by atoms with Crippen molar-refractivity contribution in [3.63, 3.8) is 0 Å². The lowest BCUT2D eigenvalue weighted by Gasteiger charge is -2.30. The number of phenols is 1. The summed E-state index contributed by atoms with van der Waals surface area (Å²) in [7, 11) is 0. The lowest BCUT2D eigenvalue weighted by Crippen LogP contribution is -2.51. The molecule has 0 aliphatic carbocycles. The van der Waals surface area contributed by atoms with Crippen LogP contribution in [0.15, 0.2) is 48.5 Å². The fraction of sp³-hybridized carbons (Fsp3) is 0.393. The summed E-state index contributed by atoms with van der Waals surface area (Å²) in [5.74, 6) is -0.502. The van der Waals surface area contributed by atoms with Crippen LogP contribution in [0.3, 0.4) is 0 Å². The molecule has 0 saturated heterocycles. The summed E-state index contributed by atoms with van der Waals surface area (Å²) in [4.78, 5) is 40.7. The van der Waals surface area contributed by atoms with Crippen molar-refractivity contribution in [3.05, 3.63) is 65.2 Å². The number of thioether (sulfide) groups is 1. The van der Waals surface area contributed by atoms with Gasteiger partial charge in [0.25, 0.3) is 5.91 Å². The molecule has 2 aromatic carbocycles. The van der Waals surface area contributed by atoms with Crippen molar-refractivity contribution in [2.24, 2.45) is 0 Å². The lowest BCUT2D eigenvalue weighted by molar-refractivity contribution is -0.138. The van der Waals surface area contributed by atoms with Crippen LogP contribution in [0.2, 0.25) is 0 Å². The van der Waals surface area contributed by atoms with Gasteiger partial charge in [0.2, 0.25) is 5.91 Å². The number of hydrogen-bond acceptors (Lipinski definition) is 6. The van der Waals surface area contributed by atoms with Crippen molar-refractivity contribution in [2.75, 3.05) is 12.0 Å². The zero-order valence-electron chi connectivity index (χ0n) is 21.9. The van der Waals surface area contributed by atoms with Crippen molar-refractivity contribution in [1.82, 2.24) is 15.5 Å². The van der Waals surface area contributed by atoms with Crippen LogP contribution < -0.4 is 10.6 Å². The number of nitrogens with one attached hydrogen (secondary N) is 2. The molecule has 2 atom stereocenters. The highest BCUT2D eigenvalue weighted by molar-refractivity contribution is 7.98. The topological polar surface area (TPSA) is 108 Å². The minimum atomic E-state index is -1.20. The number of aryl methyl sites for hydroxylation is 1. The van der Waals surface area contributed by atoms with Gasteiger partial charge < -0.3 is 20.5 Å². The number of ether oxygens (including phenoxy) is 1. The van der Waals surface area contributed by atoms with Crippen LogP contribution in [0.25, 0.3) is 0 Å². The number of hydrogen-bond donors (Lipinski definition) is 3. The Morgan fingerprint density at radius 2 is 1.84 bits per heavy atom. The molecule has 0 bridgehead atoms. The highest BCUT2D eigenvalue weighted by Crippen LogP contribution is 2.27. The predicted molar refractivity (Wildman–Crippen MR) is 146 cm³/mol. The van der Waals surface area contributed by atoms with Crippen LogP contribution >= 0.6 is 11.8 Å². The molecule has 0 aliphatic heterocycles. The van der Waals surface area contributed by atoms with E-state index >= 15 is 0 Å². The van der Waals surface area contributed by atoms with Crippen molar-refractivity contribution in [3.8, 4) is 18.2 Å². The van der Waals surface area contributed by atoms with E-state index in [1.807, 2.05) is 36.6 Å². The predicted octanol–water partition coefficient (Wildman–Crippen LogP) is 4.12. The van der Waals surface area contributed by atoms with Crippen LogP contribution in [0.5, 0.6) is 5.75 Å². The van der Waals surface area contributed by atoms with Crippen molar-refractivity contribution in [2.45, 2.75) is 58.3 Å². The number of nitrogens with zero attached hydrogens (tertiary/aromatic N) is 1. The SMILES string of the molecule is C#CN(C(=O)C(CCSC)NC(=O)OC(C)(C)C)C(C(=O)NCc1ccccc1)c1ccc(O)c(C)c1. The molecular weight excluding hydrogens is 490 g/mol. The average molecular weight is 526 g/mol. The third-order valence-electron chi connectivity index (χ3n) is 5.33. The number of amides is 3. The number of aromatic hydroxyl groups is 1. The number of benzene rings is 2. The molecule has 0 spiro atoms. The molecule has 3 N–H and O–H groups in total. The number of carbonyl (C=O) groups excluding carboxylic acids is 3. The maximum Gasteiger partial charge on any atom is 0.408 e. The third kappa shape index (κ3) is 9.07. The molecule has 2 aromatic rings. The number of carbonyl (C=O) groups is 3. The van der Waals surface area contributed by atoms with Crippen LogP contribution in [-0.2, 0) is 20.9 Å². The minimum absolute atomic E-state index is 0.0511. The second-order valence-corrected chi connectivity index (χ2v) is 10.5. The van der Waals surface area contributed by atoms with Crippen LogP contribution in [-0.4, -0.2) is 51.6 Å². The molecule has 198 valence electrons. The zero-order chi connectivity index (χ0) is 27.6. The quantitative estimate of drug-likeness (QED) is 0.318. The van der Waals surface area contributed by atoms with Gasteiger partial charge in [-0.25, -0.2) is 4.79 Å². The van der Waals surface area contributed by atoms with Crippen molar-refractivity contribution >= 4 is 29.7 Å². The van der Waals surface area contributed by atoms with E-state index < -0.39 is 35.6 Å². The monoisotopic (exact) mass is 525 g/mol. The Kier molecular flexibility index (Phi) is 10.9. The Hall–Kier alpha value is -3.64. The molecule has 2 unspecified atom stereocenters. The number of alkyl carbamates (subject to hydrolysis) is 1. The van der Waals surface area contributed by atoms with Crippen molar-refractivity contribution in [1.29, 1.82) is 0 Å². The third-order valence-corrected chi connectivity index (χ3v) is 5.97. The van der Waals surface area contributed by atoms with Gasteiger partial charge in [-0.2, -0.15) is 11.8 Å². The van der Waals surface area contributed by atoms with Gasteiger partial charge in [0.15, 0.2) is 0 Å². The highest BCUT2D eigenvalue weighted by atomic mass is 32.2. The molecule has 0 aromatic heterocycles. The Balaban J connectivity index is 2.40. The normalized spacial score (nSPS) is 12.5. The summed E-state index contributed by atoms with van der Waals surface area (Å²) in [6, 6.07) is 14.1. The first-order chi connectivity index (χ1) is 17.5. The number of terminal acetylenes is 1. The summed E-state index contributed by atoms with van der Waals surface area (Å²) in [6.07, 6.45) is 7.21. The van der Waals surface area contributed by atoms with E-state index in [9.17, 15) is 19.5 Å². The van der Waals surface area contributed by atoms with Gasteiger partial charge in [-0.15, -0.1) is 0 Å². The van der Waals surface area contributed by atoms with Gasteiger partial charge in [0.05, 0.1) is 0 Å². The molecule has 0 aliphatic rings. The molecule has 3 amide bonds. The first-order valence-corrected chi connectivity index (χ1v) is 13.2. The van der Waals surface area contributed by atoms with Crippen molar-refractivity contribution < 1.29 is 24.2 Å². The van der Waals surface area contributed by atoms with E-state index in [0.717, 1.165) is 10.5 Å². The van der Waals surface area contributed by atoms with Gasteiger partial charge in [-0.05, 0) is 74.9 Å². The van der Waals surface area contributed by atoms with Gasteiger partial charge in [0.1, 0.15) is 23.4 Å². The second-order valence-electron chi connectivity index (χ2n) is 9.47. The molecule has 0 fully saturated rings. The van der Waals surface area contributed by atoms with Crippen LogP contribution in [0, 0.1) is 19.4 Å². The van der Waals surface area contributed by atoms with E-state index in [0.29, 0.717) is 16.9 Å². The van der Waals surface area contributed by atoms with E-state index in [1.54, 1.807) is 39.8 Å². The van der Waals surface area contributed by atoms with E-state index in [4.69, 9.17) is 11.2 Å². The largest absolute Gasteiger partial charge is 0.508 e. The first-order valence-electron chi connectivity index (χ1n) is 11.9. The minimum Gasteiger partial charge on any atom is -0.508 e. The first kappa shape index (κ1) is 29.6. The Morgan fingerprint density at radius 1 is 1.16 bits per heavy atom. The van der Waals surface area contributed by atoms with Gasteiger partial charge in [-0.3, -0.25) is 14.5 Å². The van der Waals surface area contributed by atoms with E-state index in [-0.39, 0.29) is 18.7 Å². The Morgan fingerprint density at radius 3 is 2.41 bits per heavy atom. The van der Waals surface area contributed by atoms with Gasteiger partial charge in [-0.1, -0.05) is 42.8 Å².